The second kappa shape index (κ2) is 5.78. The molecule has 0 saturated carbocycles. The minimum Gasteiger partial charge on any atom is -0.309 e. The molecule has 4 heteroatoms. The highest BCUT2D eigenvalue weighted by Crippen LogP contribution is 2.37. The maximum atomic E-state index is 4.64. The number of nitrogens with zero attached hydrogens (tertiary/aromatic N) is 2. The molecule has 112 valence electrons. The summed E-state index contributed by atoms with van der Waals surface area (Å²) in [6, 6.07) is 9.09. The van der Waals surface area contributed by atoms with Crippen molar-refractivity contribution in [3.63, 3.8) is 0 Å². The Labute approximate surface area is 134 Å². The fourth-order valence-corrected chi connectivity index (χ4v) is 4.12. The summed E-state index contributed by atoms with van der Waals surface area (Å²) in [7, 11) is 0. The molecule has 1 unspecified atom stereocenters. The van der Waals surface area contributed by atoms with Crippen LogP contribution in [-0.2, 0) is 0 Å². The highest BCUT2D eigenvalue weighted by Gasteiger charge is 2.21. The molecule has 1 aromatic carbocycles. The van der Waals surface area contributed by atoms with Gasteiger partial charge in [-0.2, -0.15) is 0 Å². The van der Waals surface area contributed by atoms with Gasteiger partial charge >= 0.3 is 0 Å². The van der Waals surface area contributed by atoms with Crippen molar-refractivity contribution < 1.29 is 0 Å². The van der Waals surface area contributed by atoms with Gasteiger partial charge in [0.1, 0.15) is 11.2 Å². The lowest BCUT2D eigenvalue weighted by molar-refractivity contribution is 0.407. The summed E-state index contributed by atoms with van der Waals surface area (Å²) in [4.78, 5) is 10.2. The van der Waals surface area contributed by atoms with Crippen molar-refractivity contribution in [2.75, 3.05) is 6.54 Å². The Balaban J connectivity index is 1.87. The zero-order chi connectivity index (χ0) is 14.9. The van der Waals surface area contributed by atoms with Gasteiger partial charge in [0.2, 0.25) is 0 Å². The molecular weight excluding hydrogens is 290 g/mol. The van der Waals surface area contributed by atoms with Crippen molar-refractivity contribution in [1.82, 2.24) is 15.3 Å². The van der Waals surface area contributed by atoms with E-state index in [1.807, 2.05) is 0 Å². The van der Waals surface area contributed by atoms with E-state index in [4.69, 9.17) is 0 Å². The average molecular weight is 309 g/mol. The standard InChI is InChI=1S/C18H19N3S/c1-12-5-7-13(8-6-12)14-10-22-18-16(14)17(20-11-21-18)15-4-2-3-9-19-15/h5-8,10-11,15,19H,2-4,9H2,1H3. The van der Waals surface area contributed by atoms with Crippen molar-refractivity contribution in [3.8, 4) is 11.1 Å². The van der Waals surface area contributed by atoms with Crippen LogP contribution in [-0.4, -0.2) is 16.5 Å². The Morgan fingerprint density at radius 3 is 2.77 bits per heavy atom. The normalized spacial score (nSPS) is 18.7. The number of hydrogen-bond donors (Lipinski definition) is 1. The van der Waals surface area contributed by atoms with E-state index in [2.05, 4.69) is 51.9 Å². The molecule has 2 aromatic heterocycles. The number of aryl methyl sites for hydroxylation is 1. The van der Waals surface area contributed by atoms with Crippen LogP contribution in [0.15, 0.2) is 36.0 Å². The number of thiophene rings is 1. The molecule has 4 rings (SSSR count). The third kappa shape index (κ3) is 2.42. The number of piperidine rings is 1. The first-order valence-corrected chi connectivity index (χ1v) is 8.73. The number of aromatic nitrogens is 2. The Morgan fingerprint density at radius 2 is 2.00 bits per heavy atom. The third-order valence-corrected chi connectivity index (χ3v) is 5.29. The minimum absolute atomic E-state index is 0.359. The van der Waals surface area contributed by atoms with E-state index in [0.29, 0.717) is 6.04 Å². The zero-order valence-electron chi connectivity index (χ0n) is 12.7. The summed E-state index contributed by atoms with van der Waals surface area (Å²) in [5.74, 6) is 0. The van der Waals surface area contributed by atoms with E-state index in [1.165, 1.54) is 40.6 Å². The van der Waals surface area contributed by atoms with Crippen molar-refractivity contribution in [2.24, 2.45) is 0 Å². The predicted octanol–water partition coefficient (Wildman–Crippen LogP) is 4.48. The van der Waals surface area contributed by atoms with Gasteiger partial charge in [-0.15, -0.1) is 11.3 Å². The maximum Gasteiger partial charge on any atom is 0.127 e. The molecule has 1 atom stereocenters. The lowest BCUT2D eigenvalue weighted by atomic mass is 9.96. The van der Waals surface area contributed by atoms with Crippen LogP contribution in [0, 0.1) is 6.92 Å². The van der Waals surface area contributed by atoms with Gasteiger partial charge in [0, 0.05) is 16.3 Å². The fraction of sp³-hybridized carbons (Fsp3) is 0.333. The Bertz CT molecular complexity index is 786. The SMILES string of the molecule is Cc1ccc(-c2csc3ncnc(C4CCCCN4)c23)cc1. The first kappa shape index (κ1) is 13.9. The number of benzene rings is 1. The van der Waals surface area contributed by atoms with Gasteiger partial charge in [0.05, 0.1) is 11.7 Å². The molecule has 1 aliphatic heterocycles. The topological polar surface area (TPSA) is 37.8 Å². The smallest absolute Gasteiger partial charge is 0.127 e. The average Bonchev–Trinajstić information content (AvgIpc) is 3.00. The molecule has 3 heterocycles. The number of fused-ring (bicyclic) bond motifs is 1. The van der Waals surface area contributed by atoms with Crippen molar-refractivity contribution >= 4 is 21.6 Å². The summed E-state index contributed by atoms with van der Waals surface area (Å²) in [6.45, 7) is 3.20. The number of hydrogen-bond acceptors (Lipinski definition) is 4. The summed E-state index contributed by atoms with van der Waals surface area (Å²) in [5.41, 5.74) is 4.97. The van der Waals surface area contributed by atoms with Gasteiger partial charge in [-0.3, -0.25) is 0 Å². The Hall–Kier alpha value is -1.78. The van der Waals surface area contributed by atoms with Gasteiger partial charge in [-0.05, 0) is 31.9 Å². The maximum absolute atomic E-state index is 4.64. The Morgan fingerprint density at radius 1 is 1.14 bits per heavy atom. The van der Waals surface area contributed by atoms with Crippen LogP contribution in [0.3, 0.4) is 0 Å². The molecule has 0 amide bonds. The zero-order valence-corrected chi connectivity index (χ0v) is 13.5. The van der Waals surface area contributed by atoms with Crippen LogP contribution in [0.1, 0.15) is 36.6 Å². The van der Waals surface area contributed by atoms with Gasteiger partial charge in [0.25, 0.3) is 0 Å². The summed E-state index contributed by atoms with van der Waals surface area (Å²) in [6.07, 6.45) is 5.41. The van der Waals surface area contributed by atoms with Crippen LogP contribution >= 0.6 is 11.3 Å². The van der Waals surface area contributed by atoms with Crippen LogP contribution < -0.4 is 5.32 Å². The number of rotatable bonds is 2. The highest BCUT2D eigenvalue weighted by molar-refractivity contribution is 7.17. The lowest BCUT2D eigenvalue weighted by Gasteiger charge is -2.23. The fourth-order valence-electron chi connectivity index (χ4n) is 3.19. The largest absolute Gasteiger partial charge is 0.309 e. The van der Waals surface area contributed by atoms with E-state index >= 15 is 0 Å². The monoisotopic (exact) mass is 309 g/mol. The third-order valence-electron chi connectivity index (χ3n) is 4.40. The van der Waals surface area contributed by atoms with Crippen LogP contribution in [0.5, 0.6) is 0 Å². The van der Waals surface area contributed by atoms with Gasteiger partial charge in [-0.1, -0.05) is 36.2 Å². The van der Waals surface area contributed by atoms with Crippen LogP contribution in [0.4, 0.5) is 0 Å². The predicted molar refractivity (Wildman–Crippen MR) is 92.2 cm³/mol. The lowest BCUT2D eigenvalue weighted by Crippen LogP contribution is -2.27. The molecule has 1 saturated heterocycles. The molecule has 1 N–H and O–H groups in total. The van der Waals surface area contributed by atoms with E-state index in [9.17, 15) is 0 Å². The summed E-state index contributed by atoms with van der Waals surface area (Å²) >= 11 is 1.71. The van der Waals surface area contributed by atoms with Crippen LogP contribution in [0.25, 0.3) is 21.3 Å². The van der Waals surface area contributed by atoms with Gasteiger partial charge < -0.3 is 5.32 Å². The van der Waals surface area contributed by atoms with E-state index in [1.54, 1.807) is 17.7 Å². The highest BCUT2D eigenvalue weighted by atomic mass is 32.1. The first-order chi connectivity index (χ1) is 10.8. The molecule has 1 aliphatic rings. The second-order valence-electron chi connectivity index (χ2n) is 5.96. The minimum atomic E-state index is 0.359. The molecule has 3 nitrogen and oxygen atoms in total. The van der Waals surface area contributed by atoms with Crippen molar-refractivity contribution in [1.29, 1.82) is 0 Å². The molecule has 0 bridgehead atoms. The van der Waals surface area contributed by atoms with E-state index < -0.39 is 0 Å². The summed E-state index contributed by atoms with van der Waals surface area (Å²) < 4.78 is 0. The molecule has 3 aromatic rings. The van der Waals surface area contributed by atoms with E-state index in [0.717, 1.165) is 17.8 Å². The van der Waals surface area contributed by atoms with Gasteiger partial charge in [-0.25, -0.2) is 9.97 Å². The van der Waals surface area contributed by atoms with E-state index in [-0.39, 0.29) is 0 Å². The molecular formula is C18H19N3S. The molecule has 0 spiro atoms. The van der Waals surface area contributed by atoms with Crippen LogP contribution in [0.2, 0.25) is 0 Å². The molecule has 0 radical (unpaired) electrons. The summed E-state index contributed by atoms with van der Waals surface area (Å²) in [5, 5.41) is 7.07. The molecule has 1 fully saturated rings. The second-order valence-corrected chi connectivity index (χ2v) is 6.82. The number of nitrogens with one attached hydrogen (secondary N) is 1. The van der Waals surface area contributed by atoms with Crippen molar-refractivity contribution in [2.45, 2.75) is 32.2 Å². The van der Waals surface area contributed by atoms with Gasteiger partial charge in [0.15, 0.2) is 0 Å². The Kier molecular flexibility index (Phi) is 3.64. The first-order valence-electron chi connectivity index (χ1n) is 7.85. The molecule has 0 aliphatic carbocycles. The quantitative estimate of drug-likeness (QED) is 0.758. The van der Waals surface area contributed by atoms with Crippen molar-refractivity contribution in [3.05, 3.63) is 47.2 Å². The molecule has 22 heavy (non-hydrogen) atoms.